The predicted octanol–water partition coefficient (Wildman–Crippen LogP) is 0.524. The summed E-state index contributed by atoms with van der Waals surface area (Å²) in [5.74, 6) is 0.262. The Hall–Kier alpha value is -0.610. The van der Waals surface area contributed by atoms with Gasteiger partial charge in [0.25, 0.3) is 0 Å². The lowest BCUT2D eigenvalue weighted by molar-refractivity contribution is -0.138. The predicted molar refractivity (Wildman–Crippen MR) is 66.1 cm³/mol. The normalized spacial score (nSPS) is 24.5. The molecule has 94 valence electrons. The first-order valence-corrected chi connectivity index (χ1v) is 6.33. The van der Waals surface area contributed by atoms with Crippen LogP contribution in [0.2, 0.25) is 0 Å². The van der Waals surface area contributed by atoms with Gasteiger partial charge in [-0.3, -0.25) is 9.69 Å². The summed E-state index contributed by atoms with van der Waals surface area (Å²) in [7, 11) is 2.14. The maximum atomic E-state index is 12.2. The van der Waals surface area contributed by atoms with Crippen molar-refractivity contribution in [1.82, 2.24) is 9.80 Å². The molecular weight excluding hydrogens is 202 g/mol. The second-order valence-electron chi connectivity index (χ2n) is 4.67. The summed E-state index contributed by atoms with van der Waals surface area (Å²) in [5.41, 5.74) is 5.63. The third-order valence-corrected chi connectivity index (χ3v) is 3.69. The zero-order valence-corrected chi connectivity index (χ0v) is 10.8. The van der Waals surface area contributed by atoms with Crippen LogP contribution < -0.4 is 5.73 Å². The molecule has 0 spiro atoms. The van der Waals surface area contributed by atoms with Gasteiger partial charge in [-0.05, 0) is 19.9 Å². The van der Waals surface area contributed by atoms with Crippen LogP contribution in [0.3, 0.4) is 0 Å². The number of carbonyl (C=O) groups excluding carboxylic acids is 1. The molecule has 2 unspecified atom stereocenters. The summed E-state index contributed by atoms with van der Waals surface area (Å²) in [5, 5.41) is 0. The zero-order valence-electron chi connectivity index (χ0n) is 10.8. The number of nitrogens with zero attached hydrogens (tertiary/aromatic N) is 2. The van der Waals surface area contributed by atoms with Crippen molar-refractivity contribution in [3.8, 4) is 0 Å². The summed E-state index contributed by atoms with van der Waals surface area (Å²) in [4.78, 5) is 16.5. The molecule has 0 aromatic heterocycles. The minimum absolute atomic E-state index is 0.0147. The van der Waals surface area contributed by atoms with Crippen molar-refractivity contribution in [3.63, 3.8) is 0 Å². The zero-order chi connectivity index (χ0) is 12.1. The number of piperazine rings is 1. The molecule has 1 fully saturated rings. The molecule has 16 heavy (non-hydrogen) atoms. The van der Waals surface area contributed by atoms with Gasteiger partial charge < -0.3 is 10.6 Å². The van der Waals surface area contributed by atoms with Crippen molar-refractivity contribution < 1.29 is 4.79 Å². The number of amides is 1. The van der Waals surface area contributed by atoms with Crippen LogP contribution in [0.25, 0.3) is 0 Å². The third-order valence-electron chi connectivity index (χ3n) is 3.69. The first-order valence-electron chi connectivity index (χ1n) is 6.33. The molecule has 0 aromatic carbocycles. The van der Waals surface area contributed by atoms with E-state index in [2.05, 4.69) is 18.9 Å². The molecule has 1 aliphatic heterocycles. The van der Waals surface area contributed by atoms with Crippen molar-refractivity contribution in [2.75, 3.05) is 33.2 Å². The van der Waals surface area contributed by atoms with Gasteiger partial charge in [-0.2, -0.15) is 0 Å². The van der Waals surface area contributed by atoms with E-state index in [-0.39, 0.29) is 11.8 Å². The minimum Gasteiger partial charge on any atom is -0.340 e. The van der Waals surface area contributed by atoms with Gasteiger partial charge in [0.05, 0.1) is 5.92 Å². The highest BCUT2D eigenvalue weighted by Gasteiger charge is 2.28. The summed E-state index contributed by atoms with van der Waals surface area (Å²) in [6, 6.07) is 0.507. The number of carbonyl (C=O) groups is 1. The van der Waals surface area contributed by atoms with Crippen LogP contribution in [0.4, 0.5) is 0 Å². The number of hydrogen-bond donors (Lipinski definition) is 1. The van der Waals surface area contributed by atoms with E-state index < -0.39 is 0 Å². The van der Waals surface area contributed by atoms with E-state index in [0.717, 1.165) is 32.5 Å². The topological polar surface area (TPSA) is 49.6 Å². The molecule has 1 aliphatic rings. The highest BCUT2D eigenvalue weighted by molar-refractivity contribution is 5.79. The van der Waals surface area contributed by atoms with Crippen molar-refractivity contribution >= 4 is 5.91 Å². The van der Waals surface area contributed by atoms with Gasteiger partial charge in [-0.25, -0.2) is 0 Å². The average Bonchev–Trinajstić information content (AvgIpc) is 2.31. The maximum absolute atomic E-state index is 12.2. The molecule has 0 aliphatic carbocycles. The number of hydrogen-bond acceptors (Lipinski definition) is 3. The molecule has 4 heteroatoms. The molecule has 4 nitrogen and oxygen atoms in total. The number of rotatable bonds is 4. The van der Waals surface area contributed by atoms with Crippen molar-refractivity contribution in [2.45, 2.75) is 32.7 Å². The highest BCUT2D eigenvalue weighted by Crippen LogP contribution is 2.14. The number of likely N-dealkylation sites (N-methyl/N-ethyl adjacent to an activating group) is 1. The molecule has 1 amide bonds. The lowest BCUT2D eigenvalue weighted by Gasteiger charge is -2.40. The van der Waals surface area contributed by atoms with Gasteiger partial charge in [0, 0.05) is 32.2 Å². The summed E-state index contributed by atoms with van der Waals surface area (Å²) < 4.78 is 0. The Kier molecular flexibility index (Phi) is 5.22. The average molecular weight is 227 g/mol. The van der Waals surface area contributed by atoms with Crippen LogP contribution in [0, 0.1) is 5.92 Å². The fraction of sp³-hybridized carbons (Fsp3) is 0.917. The molecule has 1 heterocycles. The largest absolute Gasteiger partial charge is 0.340 e. The van der Waals surface area contributed by atoms with Crippen LogP contribution in [0.15, 0.2) is 0 Å². The molecule has 1 rings (SSSR count). The smallest absolute Gasteiger partial charge is 0.227 e. The van der Waals surface area contributed by atoms with Crippen LogP contribution in [-0.4, -0.2) is 55.0 Å². The van der Waals surface area contributed by atoms with E-state index in [9.17, 15) is 4.79 Å². The van der Waals surface area contributed by atoms with Crippen LogP contribution >= 0.6 is 0 Å². The monoisotopic (exact) mass is 227 g/mol. The number of nitrogens with two attached hydrogens (primary N) is 1. The Morgan fingerprint density at radius 1 is 1.44 bits per heavy atom. The molecule has 2 N–H and O–H groups in total. The van der Waals surface area contributed by atoms with E-state index in [1.54, 1.807) is 0 Å². The minimum atomic E-state index is 0.0147. The van der Waals surface area contributed by atoms with Crippen molar-refractivity contribution in [1.29, 1.82) is 0 Å². The van der Waals surface area contributed by atoms with Gasteiger partial charge in [-0.15, -0.1) is 0 Å². The Balaban J connectivity index is 2.57. The van der Waals surface area contributed by atoms with E-state index in [4.69, 9.17) is 5.73 Å². The van der Waals surface area contributed by atoms with Gasteiger partial charge in [0.2, 0.25) is 5.91 Å². The Bertz CT molecular complexity index is 228. The third kappa shape index (κ3) is 2.95. The Morgan fingerprint density at radius 2 is 2.12 bits per heavy atom. The fourth-order valence-corrected chi connectivity index (χ4v) is 2.29. The summed E-state index contributed by atoms with van der Waals surface area (Å²) >= 11 is 0. The standard InChI is InChI=1S/C12H25N3O/c1-4-10(8-13)12(16)15-7-6-14(3)11(5-2)9-15/h10-11H,4-9,13H2,1-3H3. The Morgan fingerprint density at radius 3 is 2.62 bits per heavy atom. The molecule has 0 radical (unpaired) electrons. The molecule has 2 atom stereocenters. The summed E-state index contributed by atoms with van der Waals surface area (Å²) in [6.45, 7) is 7.37. The molecular formula is C12H25N3O. The van der Waals surface area contributed by atoms with Gasteiger partial charge >= 0.3 is 0 Å². The summed E-state index contributed by atoms with van der Waals surface area (Å²) in [6.07, 6.45) is 1.94. The molecule has 0 aromatic rings. The van der Waals surface area contributed by atoms with E-state index >= 15 is 0 Å². The van der Waals surface area contributed by atoms with Crippen LogP contribution in [-0.2, 0) is 4.79 Å². The molecule has 0 saturated carbocycles. The highest BCUT2D eigenvalue weighted by atomic mass is 16.2. The van der Waals surface area contributed by atoms with Crippen molar-refractivity contribution in [3.05, 3.63) is 0 Å². The van der Waals surface area contributed by atoms with Gasteiger partial charge in [-0.1, -0.05) is 13.8 Å². The SMILES string of the molecule is CCC(CN)C(=O)N1CCN(C)C(CC)C1. The first kappa shape index (κ1) is 13.5. The maximum Gasteiger partial charge on any atom is 0.227 e. The van der Waals surface area contributed by atoms with Crippen LogP contribution in [0.5, 0.6) is 0 Å². The van der Waals surface area contributed by atoms with Gasteiger partial charge in [0.1, 0.15) is 0 Å². The van der Waals surface area contributed by atoms with Gasteiger partial charge in [0.15, 0.2) is 0 Å². The van der Waals surface area contributed by atoms with E-state index in [1.807, 2.05) is 11.8 Å². The van der Waals surface area contributed by atoms with Crippen LogP contribution in [0.1, 0.15) is 26.7 Å². The second kappa shape index (κ2) is 6.21. The first-order chi connectivity index (χ1) is 7.63. The Labute approximate surface area is 98.8 Å². The lowest BCUT2D eigenvalue weighted by Crippen LogP contribution is -2.54. The quantitative estimate of drug-likeness (QED) is 0.762. The second-order valence-corrected chi connectivity index (χ2v) is 4.67. The van der Waals surface area contributed by atoms with E-state index in [1.165, 1.54) is 0 Å². The molecule has 0 bridgehead atoms. The van der Waals surface area contributed by atoms with Crippen molar-refractivity contribution in [2.24, 2.45) is 11.7 Å². The molecule has 1 saturated heterocycles. The fourth-order valence-electron chi connectivity index (χ4n) is 2.29. The van der Waals surface area contributed by atoms with E-state index in [0.29, 0.717) is 12.6 Å². The lowest BCUT2D eigenvalue weighted by atomic mass is 10.0.